The zero-order valence-corrected chi connectivity index (χ0v) is 9.28. The summed E-state index contributed by atoms with van der Waals surface area (Å²) in [6.07, 6.45) is 0. The normalized spacial score (nSPS) is 28.2. The summed E-state index contributed by atoms with van der Waals surface area (Å²) in [5, 5.41) is 0. The van der Waals surface area contributed by atoms with Crippen LogP contribution in [0, 0.1) is 5.92 Å². The molecule has 2 nitrogen and oxygen atoms in total. The molecule has 0 saturated heterocycles. The molecule has 16 heavy (non-hydrogen) atoms. The molecule has 2 rings (SSSR count). The quantitative estimate of drug-likeness (QED) is 0.842. The van der Waals surface area contributed by atoms with Crippen LogP contribution < -0.4 is 10.5 Å². The standard InChI is InChI=1S/C12H15F2NO/c1-6-7(2)11(15)10-5-8(16-12(13)14)3-4-9(6)10/h3-7,11-12H,15H2,1-2H3. The van der Waals surface area contributed by atoms with Gasteiger partial charge in [0.2, 0.25) is 0 Å². The fourth-order valence-corrected chi connectivity index (χ4v) is 2.31. The van der Waals surface area contributed by atoms with E-state index >= 15 is 0 Å². The highest BCUT2D eigenvalue weighted by Gasteiger charge is 2.33. The number of nitrogens with two attached hydrogens (primary N) is 1. The van der Waals surface area contributed by atoms with Gasteiger partial charge in [-0.3, -0.25) is 0 Å². The third-order valence-corrected chi connectivity index (χ3v) is 3.49. The molecule has 88 valence electrons. The van der Waals surface area contributed by atoms with Crippen molar-refractivity contribution in [2.45, 2.75) is 32.4 Å². The minimum absolute atomic E-state index is 0.0915. The van der Waals surface area contributed by atoms with Gasteiger partial charge in [-0.05, 0) is 35.1 Å². The van der Waals surface area contributed by atoms with Gasteiger partial charge in [-0.2, -0.15) is 8.78 Å². The van der Waals surface area contributed by atoms with E-state index in [-0.39, 0.29) is 11.8 Å². The van der Waals surface area contributed by atoms with Crippen molar-refractivity contribution >= 4 is 0 Å². The molecule has 3 atom stereocenters. The van der Waals surface area contributed by atoms with Gasteiger partial charge in [0.1, 0.15) is 5.75 Å². The minimum atomic E-state index is -2.79. The number of fused-ring (bicyclic) bond motifs is 1. The van der Waals surface area contributed by atoms with Crippen molar-refractivity contribution in [2.24, 2.45) is 11.7 Å². The maximum atomic E-state index is 12.1. The van der Waals surface area contributed by atoms with E-state index in [1.807, 2.05) is 6.07 Å². The zero-order chi connectivity index (χ0) is 11.9. The van der Waals surface area contributed by atoms with E-state index in [4.69, 9.17) is 5.73 Å². The maximum Gasteiger partial charge on any atom is 0.387 e. The number of halogens is 2. The Morgan fingerprint density at radius 3 is 2.56 bits per heavy atom. The lowest BCUT2D eigenvalue weighted by atomic mass is 9.95. The molecule has 0 heterocycles. The number of hydrogen-bond donors (Lipinski definition) is 1. The zero-order valence-electron chi connectivity index (χ0n) is 9.28. The molecule has 4 heteroatoms. The summed E-state index contributed by atoms with van der Waals surface area (Å²) in [6, 6.07) is 4.95. The largest absolute Gasteiger partial charge is 0.435 e. The van der Waals surface area contributed by atoms with Gasteiger partial charge in [0.05, 0.1) is 0 Å². The third kappa shape index (κ3) is 1.78. The average Bonchev–Trinajstić information content (AvgIpc) is 2.43. The number of benzene rings is 1. The average molecular weight is 227 g/mol. The van der Waals surface area contributed by atoms with E-state index in [1.165, 1.54) is 0 Å². The molecule has 3 unspecified atom stereocenters. The molecular weight excluding hydrogens is 212 g/mol. The Morgan fingerprint density at radius 1 is 1.25 bits per heavy atom. The van der Waals surface area contributed by atoms with Gasteiger partial charge in [-0.1, -0.05) is 19.9 Å². The third-order valence-electron chi connectivity index (χ3n) is 3.49. The van der Waals surface area contributed by atoms with E-state index < -0.39 is 6.61 Å². The molecule has 0 fully saturated rings. The number of alkyl halides is 2. The predicted molar refractivity (Wildman–Crippen MR) is 57.6 cm³/mol. The molecule has 0 spiro atoms. The molecule has 0 aliphatic heterocycles. The van der Waals surface area contributed by atoms with Gasteiger partial charge in [0.15, 0.2) is 0 Å². The van der Waals surface area contributed by atoms with Crippen molar-refractivity contribution in [3.63, 3.8) is 0 Å². The first kappa shape index (κ1) is 11.3. The van der Waals surface area contributed by atoms with Crippen LogP contribution >= 0.6 is 0 Å². The van der Waals surface area contributed by atoms with Gasteiger partial charge in [0.25, 0.3) is 0 Å². The van der Waals surface area contributed by atoms with E-state index in [0.717, 1.165) is 11.1 Å². The minimum Gasteiger partial charge on any atom is -0.435 e. The lowest BCUT2D eigenvalue weighted by Gasteiger charge is -2.13. The highest BCUT2D eigenvalue weighted by Crippen LogP contribution is 2.44. The second kappa shape index (κ2) is 4.01. The van der Waals surface area contributed by atoms with Crippen molar-refractivity contribution in [3.8, 4) is 5.75 Å². The molecule has 0 amide bonds. The van der Waals surface area contributed by atoms with Gasteiger partial charge < -0.3 is 10.5 Å². The highest BCUT2D eigenvalue weighted by molar-refractivity contribution is 5.43. The first-order valence-corrected chi connectivity index (χ1v) is 5.35. The topological polar surface area (TPSA) is 35.2 Å². The van der Waals surface area contributed by atoms with Gasteiger partial charge in [-0.15, -0.1) is 0 Å². The summed E-state index contributed by atoms with van der Waals surface area (Å²) in [5.41, 5.74) is 8.11. The van der Waals surface area contributed by atoms with E-state index in [0.29, 0.717) is 11.8 Å². The smallest absolute Gasteiger partial charge is 0.387 e. The van der Waals surface area contributed by atoms with Crippen molar-refractivity contribution in [1.82, 2.24) is 0 Å². The van der Waals surface area contributed by atoms with Crippen LogP contribution in [0.15, 0.2) is 18.2 Å². The Bertz CT molecular complexity index is 395. The Kier molecular flexibility index (Phi) is 2.84. The van der Waals surface area contributed by atoms with Crippen molar-refractivity contribution < 1.29 is 13.5 Å². The molecule has 0 bridgehead atoms. The number of rotatable bonds is 2. The van der Waals surface area contributed by atoms with Crippen LogP contribution in [0.2, 0.25) is 0 Å². The first-order chi connectivity index (χ1) is 7.50. The first-order valence-electron chi connectivity index (χ1n) is 5.35. The lowest BCUT2D eigenvalue weighted by molar-refractivity contribution is -0.0498. The molecule has 0 saturated carbocycles. The van der Waals surface area contributed by atoms with Gasteiger partial charge >= 0.3 is 6.61 Å². The Balaban J connectivity index is 2.34. The Morgan fingerprint density at radius 2 is 1.94 bits per heavy atom. The van der Waals surface area contributed by atoms with Crippen LogP contribution in [0.3, 0.4) is 0 Å². The molecule has 1 aliphatic rings. The van der Waals surface area contributed by atoms with Crippen LogP contribution in [0.25, 0.3) is 0 Å². The second-order valence-corrected chi connectivity index (χ2v) is 4.34. The molecule has 2 N–H and O–H groups in total. The van der Waals surface area contributed by atoms with E-state index in [9.17, 15) is 8.78 Å². The SMILES string of the molecule is CC1c2ccc(OC(F)F)cc2C(N)C1C. The van der Waals surface area contributed by atoms with Crippen LogP contribution in [0.5, 0.6) is 5.75 Å². The molecule has 0 radical (unpaired) electrons. The molecular formula is C12H15F2NO. The summed E-state index contributed by atoms with van der Waals surface area (Å²) in [5.74, 6) is 0.882. The highest BCUT2D eigenvalue weighted by atomic mass is 19.3. The number of ether oxygens (including phenoxy) is 1. The van der Waals surface area contributed by atoms with Crippen molar-refractivity contribution in [2.75, 3.05) is 0 Å². The molecule has 1 aromatic rings. The Labute approximate surface area is 93.4 Å². The van der Waals surface area contributed by atoms with Crippen molar-refractivity contribution in [1.29, 1.82) is 0 Å². The monoisotopic (exact) mass is 227 g/mol. The van der Waals surface area contributed by atoms with Gasteiger partial charge in [0, 0.05) is 6.04 Å². The summed E-state index contributed by atoms with van der Waals surface area (Å²) >= 11 is 0. The fraction of sp³-hybridized carbons (Fsp3) is 0.500. The van der Waals surface area contributed by atoms with E-state index in [2.05, 4.69) is 18.6 Å². The predicted octanol–water partition coefficient (Wildman–Crippen LogP) is 3.04. The van der Waals surface area contributed by atoms with Crippen LogP contribution in [0.1, 0.15) is 36.9 Å². The van der Waals surface area contributed by atoms with Crippen LogP contribution in [0.4, 0.5) is 8.78 Å². The summed E-state index contributed by atoms with van der Waals surface area (Å²) < 4.78 is 28.5. The van der Waals surface area contributed by atoms with E-state index in [1.54, 1.807) is 12.1 Å². The van der Waals surface area contributed by atoms with Crippen LogP contribution in [-0.4, -0.2) is 6.61 Å². The Hall–Kier alpha value is -1.16. The van der Waals surface area contributed by atoms with Crippen LogP contribution in [-0.2, 0) is 0 Å². The molecule has 0 aromatic heterocycles. The summed E-state index contributed by atoms with van der Waals surface area (Å²) in [6.45, 7) is 1.39. The second-order valence-electron chi connectivity index (χ2n) is 4.34. The van der Waals surface area contributed by atoms with Gasteiger partial charge in [-0.25, -0.2) is 0 Å². The summed E-state index contributed by atoms with van der Waals surface area (Å²) in [7, 11) is 0. The molecule has 1 aliphatic carbocycles. The molecule has 1 aromatic carbocycles. The summed E-state index contributed by atoms with van der Waals surface area (Å²) in [4.78, 5) is 0. The van der Waals surface area contributed by atoms with Crippen molar-refractivity contribution in [3.05, 3.63) is 29.3 Å². The fourth-order valence-electron chi connectivity index (χ4n) is 2.31. The number of hydrogen-bond acceptors (Lipinski definition) is 2. The lowest BCUT2D eigenvalue weighted by Crippen LogP contribution is -2.15. The maximum absolute atomic E-state index is 12.1.